The maximum atomic E-state index is 13.4. The number of halogens is 1. The number of benzene rings is 1. The van der Waals surface area contributed by atoms with Gasteiger partial charge in [0.05, 0.1) is 7.11 Å². The second-order valence-corrected chi connectivity index (χ2v) is 3.59. The van der Waals surface area contributed by atoms with Gasteiger partial charge in [0, 0.05) is 5.56 Å². The number of hydrogen-bond donors (Lipinski definition) is 2. The molecule has 2 rings (SSSR count). The summed E-state index contributed by atoms with van der Waals surface area (Å²) in [4.78, 5) is 7.80. The molecule has 2 aromatic rings. The predicted molar refractivity (Wildman–Crippen MR) is 67.1 cm³/mol. The summed E-state index contributed by atoms with van der Waals surface area (Å²) in [6.07, 6.45) is 1.27. The number of nitrogens with two attached hydrogens (primary N) is 1. The lowest BCUT2D eigenvalue weighted by atomic mass is 10.2. The number of methoxy groups -OCH3 is 1. The van der Waals surface area contributed by atoms with E-state index in [0.29, 0.717) is 11.4 Å². The zero-order valence-electron chi connectivity index (χ0n) is 10.3. The van der Waals surface area contributed by atoms with Crippen LogP contribution in [0, 0.1) is 5.82 Å². The third-order valence-electron chi connectivity index (χ3n) is 2.43. The molecule has 100 valence electrons. The van der Waals surface area contributed by atoms with E-state index in [1.165, 1.54) is 19.5 Å². The fraction of sp³-hybridized carbons (Fsp3) is 0.167. The number of rotatable bonds is 5. The van der Waals surface area contributed by atoms with Crippen LogP contribution in [0.5, 0.6) is 11.6 Å². The second kappa shape index (κ2) is 5.96. The van der Waals surface area contributed by atoms with E-state index in [-0.39, 0.29) is 24.1 Å². The van der Waals surface area contributed by atoms with Crippen molar-refractivity contribution in [2.24, 2.45) is 5.84 Å². The molecule has 0 bridgehead atoms. The Kier molecular flexibility index (Phi) is 4.09. The van der Waals surface area contributed by atoms with Gasteiger partial charge in [-0.2, -0.15) is 4.98 Å². The van der Waals surface area contributed by atoms with Crippen LogP contribution in [0.15, 0.2) is 30.6 Å². The summed E-state index contributed by atoms with van der Waals surface area (Å²) in [6, 6.07) is 6.33. The first-order valence-electron chi connectivity index (χ1n) is 5.48. The molecular formula is C12H13FN4O2. The minimum absolute atomic E-state index is 0.0318. The molecule has 19 heavy (non-hydrogen) atoms. The molecule has 0 radical (unpaired) electrons. The van der Waals surface area contributed by atoms with E-state index in [9.17, 15) is 4.39 Å². The maximum absolute atomic E-state index is 13.4. The Bertz CT molecular complexity index is 565. The van der Waals surface area contributed by atoms with Crippen LogP contribution in [0.1, 0.15) is 5.56 Å². The number of hydrogen-bond acceptors (Lipinski definition) is 6. The summed E-state index contributed by atoms with van der Waals surface area (Å²) < 4.78 is 24.0. The molecular weight excluding hydrogens is 251 g/mol. The molecule has 7 heteroatoms. The van der Waals surface area contributed by atoms with Crippen molar-refractivity contribution in [1.82, 2.24) is 9.97 Å². The minimum atomic E-state index is -0.340. The topological polar surface area (TPSA) is 82.3 Å². The number of hydrazine groups is 1. The van der Waals surface area contributed by atoms with Crippen molar-refractivity contribution in [2.45, 2.75) is 6.61 Å². The van der Waals surface area contributed by atoms with E-state index in [4.69, 9.17) is 15.3 Å². The lowest BCUT2D eigenvalue weighted by molar-refractivity contribution is 0.267. The van der Waals surface area contributed by atoms with Crippen LogP contribution >= 0.6 is 0 Å². The van der Waals surface area contributed by atoms with Gasteiger partial charge in [-0.25, -0.2) is 15.2 Å². The molecule has 0 aliphatic heterocycles. The van der Waals surface area contributed by atoms with Gasteiger partial charge in [-0.05, 0) is 6.07 Å². The number of anilines is 1. The van der Waals surface area contributed by atoms with Gasteiger partial charge in [0.1, 0.15) is 18.8 Å². The van der Waals surface area contributed by atoms with Crippen molar-refractivity contribution in [3.63, 3.8) is 0 Å². The van der Waals surface area contributed by atoms with Crippen molar-refractivity contribution in [3.8, 4) is 11.6 Å². The molecule has 3 N–H and O–H groups in total. The Hall–Kier alpha value is -2.41. The van der Waals surface area contributed by atoms with Crippen LogP contribution < -0.4 is 20.7 Å². The largest absolute Gasteiger partial charge is 0.489 e. The van der Waals surface area contributed by atoms with Gasteiger partial charge in [-0.3, -0.25) is 0 Å². The number of aromatic nitrogens is 2. The van der Waals surface area contributed by atoms with Crippen LogP contribution in [0.25, 0.3) is 0 Å². The lowest BCUT2D eigenvalue weighted by Crippen LogP contribution is -2.11. The molecule has 0 aliphatic rings. The Labute approximate surface area is 109 Å². The summed E-state index contributed by atoms with van der Waals surface area (Å²) in [7, 11) is 1.44. The van der Waals surface area contributed by atoms with E-state index in [1.54, 1.807) is 18.2 Å². The number of ether oxygens (including phenoxy) is 2. The summed E-state index contributed by atoms with van der Waals surface area (Å²) >= 11 is 0. The molecule has 0 fully saturated rings. The van der Waals surface area contributed by atoms with Crippen molar-refractivity contribution in [1.29, 1.82) is 0 Å². The highest BCUT2D eigenvalue weighted by Crippen LogP contribution is 2.30. The maximum Gasteiger partial charge on any atom is 0.262 e. The van der Waals surface area contributed by atoms with Gasteiger partial charge in [0.2, 0.25) is 5.75 Å². The summed E-state index contributed by atoms with van der Waals surface area (Å²) in [5.74, 6) is 5.70. The van der Waals surface area contributed by atoms with Crippen molar-refractivity contribution < 1.29 is 13.9 Å². The minimum Gasteiger partial charge on any atom is -0.489 e. The Morgan fingerprint density at radius 3 is 2.79 bits per heavy atom. The SMILES string of the molecule is COc1c(NN)ncnc1OCc1ccccc1F. The molecule has 6 nitrogen and oxygen atoms in total. The van der Waals surface area contributed by atoms with Gasteiger partial charge in [0.15, 0.2) is 5.82 Å². The molecule has 0 amide bonds. The molecule has 0 atom stereocenters. The number of nitrogens with one attached hydrogen (secondary N) is 1. The van der Waals surface area contributed by atoms with E-state index in [1.807, 2.05) is 0 Å². The van der Waals surface area contributed by atoms with Crippen molar-refractivity contribution >= 4 is 5.82 Å². The molecule has 1 heterocycles. The van der Waals surface area contributed by atoms with Gasteiger partial charge >= 0.3 is 0 Å². The lowest BCUT2D eigenvalue weighted by Gasteiger charge is -2.12. The van der Waals surface area contributed by atoms with Crippen LogP contribution in [0.2, 0.25) is 0 Å². The fourth-order valence-electron chi connectivity index (χ4n) is 1.51. The highest BCUT2D eigenvalue weighted by molar-refractivity contribution is 5.54. The third-order valence-corrected chi connectivity index (χ3v) is 2.43. The van der Waals surface area contributed by atoms with Gasteiger partial charge in [-0.1, -0.05) is 18.2 Å². The monoisotopic (exact) mass is 264 g/mol. The highest BCUT2D eigenvalue weighted by Gasteiger charge is 2.13. The van der Waals surface area contributed by atoms with E-state index in [0.717, 1.165) is 0 Å². The quantitative estimate of drug-likeness (QED) is 0.629. The van der Waals surface area contributed by atoms with E-state index in [2.05, 4.69) is 15.4 Å². The number of nitrogen functional groups attached to an aromatic ring is 1. The zero-order valence-corrected chi connectivity index (χ0v) is 10.3. The molecule has 0 saturated heterocycles. The van der Waals surface area contributed by atoms with E-state index >= 15 is 0 Å². The first-order valence-corrected chi connectivity index (χ1v) is 5.48. The molecule has 1 aromatic heterocycles. The predicted octanol–water partition coefficient (Wildman–Crippen LogP) is 1.49. The average molecular weight is 264 g/mol. The average Bonchev–Trinajstić information content (AvgIpc) is 2.45. The Balaban J connectivity index is 2.18. The van der Waals surface area contributed by atoms with Crippen LogP contribution in [0.4, 0.5) is 10.2 Å². The highest BCUT2D eigenvalue weighted by atomic mass is 19.1. The van der Waals surface area contributed by atoms with Gasteiger partial charge in [0.25, 0.3) is 5.88 Å². The van der Waals surface area contributed by atoms with Gasteiger partial charge < -0.3 is 14.9 Å². The zero-order chi connectivity index (χ0) is 13.7. The molecule has 0 unspecified atom stereocenters. The first-order chi connectivity index (χ1) is 9.26. The summed E-state index contributed by atoms with van der Waals surface area (Å²) in [5, 5.41) is 0. The van der Waals surface area contributed by atoms with Gasteiger partial charge in [-0.15, -0.1) is 0 Å². The molecule has 0 aliphatic carbocycles. The molecule has 1 aromatic carbocycles. The fourth-order valence-corrected chi connectivity index (χ4v) is 1.51. The van der Waals surface area contributed by atoms with Crippen molar-refractivity contribution in [2.75, 3.05) is 12.5 Å². The smallest absolute Gasteiger partial charge is 0.262 e. The summed E-state index contributed by atoms with van der Waals surface area (Å²) in [5.41, 5.74) is 2.79. The third kappa shape index (κ3) is 2.89. The van der Waals surface area contributed by atoms with E-state index < -0.39 is 0 Å². The Morgan fingerprint density at radius 2 is 2.11 bits per heavy atom. The van der Waals surface area contributed by atoms with Crippen LogP contribution in [-0.2, 0) is 6.61 Å². The Morgan fingerprint density at radius 1 is 1.32 bits per heavy atom. The normalized spacial score (nSPS) is 10.1. The van der Waals surface area contributed by atoms with Crippen LogP contribution in [0.3, 0.4) is 0 Å². The van der Waals surface area contributed by atoms with Crippen molar-refractivity contribution in [3.05, 3.63) is 42.0 Å². The number of nitrogens with zero attached hydrogens (tertiary/aromatic N) is 2. The second-order valence-electron chi connectivity index (χ2n) is 3.59. The molecule has 0 spiro atoms. The summed E-state index contributed by atoms with van der Waals surface area (Å²) in [6.45, 7) is 0.0318. The first kappa shape index (κ1) is 13.0. The molecule has 0 saturated carbocycles. The standard InChI is InChI=1S/C12H13FN4O2/c1-18-10-11(17-14)15-7-16-12(10)19-6-8-4-2-3-5-9(8)13/h2-5,7H,6,14H2,1H3,(H,15,16,17). The van der Waals surface area contributed by atoms with Crippen LogP contribution in [-0.4, -0.2) is 17.1 Å².